The summed E-state index contributed by atoms with van der Waals surface area (Å²) in [6.07, 6.45) is 8.85. The Morgan fingerprint density at radius 2 is 1.12 bits per heavy atom. The molecule has 33 heavy (non-hydrogen) atoms. The number of rotatable bonds is 3. The van der Waals surface area contributed by atoms with E-state index in [1.807, 2.05) is 0 Å². The van der Waals surface area contributed by atoms with Gasteiger partial charge in [-0.25, -0.2) is 0 Å². The highest BCUT2D eigenvalue weighted by Crippen LogP contribution is 2.60. The first-order valence-corrected chi connectivity index (χ1v) is 12.9. The molecule has 0 nitrogen and oxygen atoms in total. The first kappa shape index (κ1) is 19.6. The molecule has 0 heterocycles. The molecule has 0 saturated heterocycles. The third-order valence-corrected chi connectivity index (χ3v) is 9.03. The van der Waals surface area contributed by atoms with Gasteiger partial charge in [0.2, 0.25) is 0 Å². The first-order chi connectivity index (χ1) is 16.1. The summed E-state index contributed by atoms with van der Waals surface area (Å²) >= 11 is 0. The van der Waals surface area contributed by atoms with Gasteiger partial charge in [-0.1, -0.05) is 72.8 Å². The SMILES string of the molecule is Cc1cc(-c2ccc(C34CC5CC(CC(C5)C3)C4)cc2)cc(-c2ccc3ccccc3c2)c1. The predicted octanol–water partition coefficient (Wildman–Crippen LogP) is 8.95. The molecular weight excluding hydrogens is 396 g/mol. The normalized spacial score (nSPS) is 27.8. The first-order valence-electron chi connectivity index (χ1n) is 12.9. The fourth-order valence-electron chi connectivity index (χ4n) is 7.97. The van der Waals surface area contributed by atoms with Crippen molar-refractivity contribution in [1.82, 2.24) is 0 Å². The second-order valence-electron chi connectivity index (χ2n) is 11.4. The average molecular weight is 429 g/mol. The van der Waals surface area contributed by atoms with Crippen molar-refractivity contribution in [2.24, 2.45) is 17.8 Å². The molecule has 0 N–H and O–H groups in total. The highest BCUT2D eigenvalue weighted by atomic mass is 14.6. The molecule has 0 unspecified atom stereocenters. The van der Waals surface area contributed by atoms with E-state index in [1.165, 1.54) is 77.1 Å². The predicted molar refractivity (Wildman–Crippen MR) is 139 cm³/mol. The fourth-order valence-corrected chi connectivity index (χ4v) is 7.97. The molecule has 4 saturated carbocycles. The Labute approximate surface area is 197 Å². The average Bonchev–Trinajstić information content (AvgIpc) is 2.83. The van der Waals surface area contributed by atoms with Crippen LogP contribution in [-0.2, 0) is 5.41 Å². The quantitative estimate of drug-likeness (QED) is 0.305. The van der Waals surface area contributed by atoms with E-state index >= 15 is 0 Å². The minimum atomic E-state index is 0.482. The summed E-state index contributed by atoms with van der Waals surface area (Å²) < 4.78 is 0. The standard InChI is InChI=1S/C33H32/c1-22-12-30(18-31(13-22)29-7-6-26-4-2-3-5-28(26)17-29)27-8-10-32(11-9-27)33-19-23-14-24(20-33)16-25(15-23)21-33/h2-13,17-18,23-25H,14-16,19-21H2,1H3. The van der Waals surface area contributed by atoms with Crippen molar-refractivity contribution < 1.29 is 0 Å². The highest BCUT2D eigenvalue weighted by Gasteiger charge is 2.51. The van der Waals surface area contributed by atoms with Gasteiger partial charge in [0, 0.05) is 0 Å². The maximum atomic E-state index is 2.47. The van der Waals surface area contributed by atoms with E-state index in [1.54, 1.807) is 5.56 Å². The zero-order valence-corrected chi connectivity index (χ0v) is 19.6. The summed E-state index contributed by atoms with van der Waals surface area (Å²) in [5.74, 6) is 2.99. The minimum Gasteiger partial charge on any atom is -0.0616 e. The van der Waals surface area contributed by atoms with E-state index in [-0.39, 0.29) is 0 Å². The largest absolute Gasteiger partial charge is 0.0616 e. The summed E-state index contributed by atoms with van der Waals surface area (Å²) in [4.78, 5) is 0. The lowest BCUT2D eigenvalue weighted by Gasteiger charge is -2.57. The summed E-state index contributed by atoms with van der Waals surface area (Å²) in [6, 6.07) is 32.2. The van der Waals surface area contributed by atoms with Crippen molar-refractivity contribution >= 4 is 10.8 Å². The van der Waals surface area contributed by atoms with Crippen LogP contribution in [0.15, 0.2) is 84.9 Å². The minimum absolute atomic E-state index is 0.482. The lowest BCUT2D eigenvalue weighted by atomic mass is 9.48. The van der Waals surface area contributed by atoms with Crippen LogP contribution in [0.25, 0.3) is 33.0 Å². The zero-order valence-electron chi connectivity index (χ0n) is 19.6. The summed E-state index contributed by atoms with van der Waals surface area (Å²) in [6.45, 7) is 2.22. The van der Waals surface area contributed by atoms with E-state index in [9.17, 15) is 0 Å². The Balaban J connectivity index is 1.23. The maximum absolute atomic E-state index is 2.47. The lowest BCUT2D eigenvalue weighted by molar-refractivity contribution is -0.00518. The number of hydrogen-bond acceptors (Lipinski definition) is 0. The monoisotopic (exact) mass is 428 g/mol. The molecule has 0 heteroatoms. The summed E-state index contributed by atoms with van der Waals surface area (Å²) in [5.41, 5.74) is 8.69. The molecule has 0 radical (unpaired) electrons. The van der Waals surface area contributed by atoms with E-state index in [0.29, 0.717) is 5.41 Å². The number of hydrogen-bond donors (Lipinski definition) is 0. The van der Waals surface area contributed by atoms with E-state index < -0.39 is 0 Å². The van der Waals surface area contributed by atoms with Crippen molar-refractivity contribution in [2.75, 3.05) is 0 Å². The smallest absolute Gasteiger partial charge is 0.00391 e. The van der Waals surface area contributed by atoms with Crippen LogP contribution in [0.1, 0.15) is 49.7 Å². The van der Waals surface area contributed by atoms with E-state index in [2.05, 4.69) is 91.9 Å². The summed E-state index contributed by atoms with van der Waals surface area (Å²) in [7, 11) is 0. The van der Waals surface area contributed by atoms with Gasteiger partial charge in [0.25, 0.3) is 0 Å². The highest BCUT2D eigenvalue weighted by molar-refractivity contribution is 5.88. The molecule has 8 rings (SSSR count). The van der Waals surface area contributed by atoms with E-state index in [4.69, 9.17) is 0 Å². The molecule has 0 aliphatic heterocycles. The van der Waals surface area contributed by atoms with Gasteiger partial charge in [0.1, 0.15) is 0 Å². The van der Waals surface area contributed by atoms with Gasteiger partial charge < -0.3 is 0 Å². The number of aryl methyl sites for hydroxylation is 1. The van der Waals surface area contributed by atoms with Gasteiger partial charge in [0.15, 0.2) is 0 Å². The molecule has 0 spiro atoms. The van der Waals surface area contributed by atoms with Crippen molar-refractivity contribution in [3.63, 3.8) is 0 Å². The molecule has 0 atom stereocenters. The molecular formula is C33H32. The van der Waals surface area contributed by atoms with Crippen molar-refractivity contribution in [2.45, 2.75) is 50.9 Å². The van der Waals surface area contributed by atoms with Crippen LogP contribution >= 0.6 is 0 Å². The molecule has 4 fully saturated rings. The van der Waals surface area contributed by atoms with Crippen molar-refractivity contribution in [3.05, 3.63) is 96.1 Å². The second-order valence-corrected chi connectivity index (χ2v) is 11.4. The molecule has 164 valence electrons. The van der Waals surface area contributed by atoms with Crippen molar-refractivity contribution in [3.8, 4) is 22.3 Å². The molecule has 0 amide bonds. The Morgan fingerprint density at radius 3 is 1.79 bits per heavy atom. The van der Waals surface area contributed by atoms with Crippen LogP contribution in [0.4, 0.5) is 0 Å². The Kier molecular flexibility index (Phi) is 4.35. The fraction of sp³-hybridized carbons (Fsp3) is 0.333. The van der Waals surface area contributed by atoms with Gasteiger partial charge >= 0.3 is 0 Å². The molecule has 4 bridgehead atoms. The Hall–Kier alpha value is -2.86. The van der Waals surface area contributed by atoms with E-state index in [0.717, 1.165) is 17.8 Å². The van der Waals surface area contributed by atoms with Crippen LogP contribution in [0, 0.1) is 24.7 Å². The van der Waals surface area contributed by atoms with Crippen molar-refractivity contribution in [1.29, 1.82) is 0 Å². The Morgan fingerprint density at radius 1 is 0.545 bits per heavy atom. The second kappa shape index (κ2) is 7.32. The third-order valence-electron chi connectivity index (χ3n) is 9.03. The van der Waals surface area contributed by atoms with Crippen LogP contribution in [0.5, 0.6) is 0 Å². The molecule has 4 aliphatic carbocycles. The van der Waals surface area contributed by atoms with Crippen LogP contribution in [-0.4, -0.2) is 0 Å². The maximum Gasteiger partial charge on any atom is -0.00391 e. The molecule has 0 aromatic heterocycles. The van der Waals surface area contributed by atoms with Gasteiger partial charge in [0.05, 0.1) is 0 Å². The van der Waals surface area contributed by atoms with Gasteiger partial charge in [-0.2, -0.15) is 0 Å². The van der Waals surface area contributed by atoms with Gasteiger partial charge in [-0.3, -0.25) is 0 Å². The van der Waals surface area contributed by atoms with Crippen LogP contribution in [0.2, 0.25) is 0 Å². The van der Waals surface area contributed by atoms with Gasteiger partial charge in [-0.05, 0) is 125 Å². The summed E-state index contributed by atoms with van der Waals surface area (Å²) in [5, 5.41) is 2.60. The molecule has 4 aromatic rings. The van der Waals surface area contributed by atoms with Crippen LogP contribution < -0.4 is 0 Å². The van der Waals surface area contributed by atoms with Crippen LogP contribution in [0.3, 0.4) is 0 Å². The van der Waals surface area contributed by atoms with Gasteiger partial charge in [-0.15, -0.1) is 0 Å². The number of fused-ring (bicyclic) bond motifs is 1. The molecule has 4 aromatic carbocycles. The molecule has 4 aliphatic rings. The Bertz CT molecular complexity index is 1310. The third kappa shape index (κ3) is 3.34. The topological polar surface area (TPSA) is 0 Å². The lowest BCUT2D eigenvalue weighted by Crippen LogP contribution is -2.48. The zero-order chi connectivity index (χ0) is 22.0. The number of benzene rings is 4.